The van der Waals surface area contributed by atoms with Gasteiger partial charge in [-0.2, -0.15) is 4.98 Å². The summed E-state index contributed by atoms with van der Waals surface area (Å²) >= 11 is 0. The Balaban J connectivity index is 3.07. The van der Waals surface area contributed by atoms with Crippen molar-refractivity contribution in [3.8, 4) is 0 Å². The van der Waals surface area contributed by atoms with Gasteiger partial charge < -0.3 is 5.11 Å². The molecule has 1 heterocycles. The molecule has 19 heavy (non-hydrogen) atoms. The van der Waals surface area contributed by atoms with Gasteiger partial charge in [0.05, 0.1) is 0 Å². The van der Waals surface area contributed by atoms with Crippen molar-refractivity contribution in [2.24, 2.45) is 5.92 Å². The lowest BCUT2D eigenvalue weighted by atomic mass is 10.1. The van der Waals surface area contributed by atoms with Crippen LogP contribution in [0, 0.1) is 19.8 Å². The molecule has 1 aromatic rings. The highest BCUT2D eigenvalue weighted by Gasteiger charge is 2.12. The maximum absolute atomic E-state index is 11.9. The topological polar surface area (TPSA) is 72.2 Å². The first-order valence-corrected chi connectivity index (χ1v) is 6.61. The zero-order chi connectivity index (χ0) is 14.6. The Labute approximate surface area is 113 Å². The Morgan fingerprint density at radius 2 is 2.00 bits per heavy atom. The average Bonchev–Trinajstić information content (AvgIpc) is 2.27. The lowest BCUT2D eigenvalue weighted by molar-refractivity contribution is -0.136. The maximum atomic E-state index is 11.9. The molecule has 0 spiro atoms. The van der Waals surface area contributed by atoms with Crippen molar-refractivity contribution in [3.63, 3.8) is 0 Å². The third-order valence-electron chi connectivity index (χ3n) is 3.29. The number of carbonyl (C=O) groups is 1. The van der Waals surface area contributed by atoms with Crippen LogP contribution < -0.4 is 5.69 Å². The van der Waals surface area contributed by atoms with Crippen LogP contribution in [0.2, 0.25) is 0 Å². The summed E-state index contributed by atoms with van der Waals surface area (Å²) in [6.45, 7) is 8.47. The average molecular weight is 266 g/mol. The van der Waals surface area contributed by atoms with E-state index in [0.717, 1.165) is 17.7 Å². The van der Waals surface area contributed by atoms with Gasteiger partial charge in [-0.3, -0.25) is 9.36 Å². The Hall–Kier alpha value is -1.65. The number of carboxylic acids is 1. The fourth-order valence-corrected chi connectivity index (χ4v) is 2.08. The molecule has 0 unspecified atom stereocenters. The van der Waals surface area contributed by atoms with Crippen LogP contribution in [-0.2, 0) is 17.8 Å². The normalized spacial score (nSPS) is 11.0. The zero-order valence-corrected chi connectivity index (χ0v) is 12.1. The van der Waals surface area contributed by atoms with Crippen LogP contribution in [0.4, 0.5) is 0 Å². The summed E-state index contributed by atoms with van der Waals surface area (Å²) in [4.78, 5) is 26.6. The molecule has 0 aliphatic heterocycles. The Kier molecular flexibility index (Phi) is 5.27. The summed E-state index contributed by atoms with van der Waals surface area (Å²) in [5.74, 6) is -0.325. The van der Waals surface area contributed by atoms with Crippen molar-refractivity contribution in [3.05, 3.63) is 27.4 Å². The van der Waals surface area contributed by atoms with Gasteiger partial charge in [-0.25, -0.2) is 4.79 Å². The number of hydrogen-bond acceptors (Lipinski definition) is 3. The van der Waals surface area contributed by atoms with Crippen LogP contribution in [0.1, 0.15) is 43.6 Å². The molecule has 5 nitrogen and oxygen atoms in total. The first-order valence-electron chi connectivity index (χ1n) is 6.61. The number of aromatic nitrogens is 2. The van der Waals surface area contributed by atoms with E-state index < -0.39 is 5.97 Å². The molecule has 0 bridgehead atoms. The molecule has 0 amide bonds. The molecule has 0 aliphatic carbocycles. The monoisotopic (exact) mass is 266 g/mol. The van der Waals surface area contributed by atoms with Crippen molar-refractivity contribution in [1.82, 2.24) is 9.55 Å². The molecule has 0 aliphatic rings. The number of hydrogen-bond donors (Lipinski definition) is 1. The number of aryl methyl sites for hydroxylation is 1. The van der Waals surface area contributed by atoms with Crippen molar-refractivity contribution < 1.29 is 9.90 Å². The SMILES string of the molecule is Cc1nc(=O)n(CCC(C)C)c(C)c1CCC(=O)O. The minimum atomic E-state index is -0.835. The van der Waals surface area contributed by atoms with Gasteiger partial charge in [0, 0.05) is 24.4 Å². The Bertz CT molecular complexity index is 518. The van der Waals surface area contributed by atoms with Gasteiger partial charge in [-0.1, -0.05) is 13.8 Å². The van der Waals surface area contributed by atoms with Gasteiger partial charge in [0.15, 0.2) is 0 Å². The lowest BCUT2D eigenvalue weighted by Crippen LogP contribution is -2.28. The summed E-state index contributed by atoms with van der Waals surface area (Å²) < 4.78 is 1.66. The van der Waals surface area contributed by atoms with E-state index in [0.29, 0.717) is 24.6 Å². The van der Waals surface area contributed by atoms with Crippen LogP contribution in [0.5, 0.6) is 0 Å². The first-order chi connectivity index (χ1) is 8.82. The molecule has 5 heteroatoms. The Morgan fingerprint density at radius 3 is 2.53 bits per heavy atom. The minimum absolute atomic E-state index is 0.0613. The maximum Gasteiger partial charge on any atom is 0.347 e. The van der Waals surface area contributed by atoms with Crippen molar-refractivity contribution in [2.75, 3.05) is 0 Å². The molecule has 0 radical (unpaired) electrons. The summed E-state index contributed by atoms with van der Waals surface area (Å²) in [7, 11) is 0. The molecule has 0 saturated heterocycles. The third kappa shape index (κ3) is 4.19. The standard InChI is InChI=1S/C14H22N2O3/c1-9(2)7-8-16-11(4)12(5-6-13(17)18)10(3)15-14(16)19/h9H,5-8H2,1-4H3,(H,17,18). The van der Waals surface area contributed by atoms with E-state index in [2.05, 4.69) is 18.8 Å². The van der Waals surface area contributed by atoms with E-state index >= 15 is 0 Å². The van der Waals surface area contributed by atoms with Crippen LogP contribution >= 0.6 is 0 Å². The number of carboxylic acid groups (broad SMARTS) is 1. The molecule has 0 aromatic carbocycles. The van der Waals surface area contributed by atoms with Crippen LogP contribution in [0.15, 0.2) is 4.79 Å². The summed E-state index contributed by atoms with van der Waals surface area (Å²) in [5.41, 5.74) is 2.13. The van der Waals surface area contributed by atoms with Gasteiger partial charge in [-0.15, -0.1) is 0 Å². The van der Waals surface area contributed by atoms with E-state index in [4.69, 9.17) is 5.11 Å². The second-order valence-corrected chi connectivity index (χ2v) is 5.27. The van der Waals surface area contributed by atoms with Gasteiger partial charge in [-0.05, 0) is 38.2 Å². The predicted molar refractivity (Wildman–Crippen MR) is 73.4 cm³/mol. The van der Waals surface area contributed by atoms with E-state index in [1.807, 2.05) is 6.92 Å². The van der Waals surface area contributed by atoms with Crippen LogP contribution in [-0.4, -0.2) is 20.6 Å². The molecule has 1 rings (SSSR count). The van der Waals surface area contributed by atoms with Crippen molar-refractivity contribution in [2.45, 2.75) is 53.5 Å². The second kappa shape index (κ2) is 6.50. The molecule has 106 valence electrons. The molecular formula is C14H22N2O3. The quantitative estimate of drug-likeness (QED) is 0.853. The van der Waals surface area contributed by atoms with Crippen molar-refractivity contribution in [1.29, 1.82) is 0 Å². The highest BCUT2D eigenvalue weighted by Crippen LogP contribution is 2.13. The molecule has 1 N–H and O–H groups in total. The lowest BCUT2D eigenvalue weighted by Gasteiger charge is -2.15. The van der Waals surface area contributed by atoms with Crippen molar-refractivity contribution >= 4 is 5.97 Å². The summed E-state index contributed by atoms with van der Waals surface area (Å²) in [6.07, 6.45) is 1.39. The number of aliphatic carboxylic acids is 1. The Morgan fingerprint density at radius 1 is 1.37 bits per heavy atom. The molecule has 0 atom stereocenters. The van der Waals surface area contributed by atoms with Gasteiger partial charge >= 0.3 is 11.7 Å². The largest absolute Gasteiger partial charge is 0.481 e. The second-order valence-electron chi connectivity index (χ2n) is 5.27. The van der Waals surface area contributed by atoms with E-state index in [-0.39, 0.29) is 12.1 Å². The summed E-state index contributed by atoms with van der Waals surface area (Å²) in [5, 5.41) is 8.77. The molecular weight excluding hydrogens is 244 g/mol. The highest BCUT2D eigenvalue weighted by atomic mass is 16.4. The summed E-state index contributed by atoms with van der Waals surface area (Å²) in [6, 6.07) is 0. The van der Waals surface area contributed by atoms with Crippen LogP contribution in [0.25, 0.3) is 0 Å². The zero-order valence-electron chi connectivity index (χ0n) is 12.1. The van der Waals surface area contributed by atoms with Gasteiger partial charge in [0.25, 0.3) is 0 Å². The molecule has 0 saturated carbocycles. The third-order valence-corrected chi connectivity index (χ3v) is 3.29. The number of rotatable bonds is 6. The molecule has 0 fully saturated rings. The first kappa shape index (κ1) is 15.4. The highest BCUT2D eigenvalue weighted by molar-refractivity contribution is 5.67. The van der Waals surface area contributed by atoms with E-state index in [1.165, 1.54) is 0 Å². The van der Waals surface area contributed by atoms with Gasteiger partial charge in [0.2, 0.25) is 0 Å². The number of nitrogens with zero attached hydrogens (tertiary/aromatic N) is 2. The van der Waals surface area contributed by atoms with Crippen LogP contribution in [0.3, 0.4) is 0 Å². The van der Waals surface area contributed by atoms with Gasteiger partial charge in [0.1, 0.15) is 0 Å². The minimum Gasteiger partial charge on any atom is -0.481 e. The predicted octanol–water partition coefficient (Wildman–Crippen LogP) is 1.92. The smallest absolute Gasteiger partial charge is 0.347 e. The fraction of sp³-hybridized carbons (Fsp3) is 0.643. The molecule has 1 aromatic heterocycles. The van der Waals surface area contributed by atoms with E-state index in [1.54, 1.807) is 11.5 Å². The fourth-order valence-electron chi connectivity index (χ4n) is 2.08. The van der Waals surface area contributed by atoms with E-state index in [9.17, 15) is 9.59 Å².